The van der Waals surface area contributed by atoms with Gasteiger partial charge in [-0.15, -0.1) is 0 Å². The Balaban J connectivity index is 1.88. The highest BCUT2D eigenvalue weighted by molar-refractivity contribution is 5.79. The number of aromatic nitrogens is 1. The average Bonchev–Trinajstić information content (AvgIpc) is 2.68. The minimum atomic E-state index is -4.35. The van der Waals surface area contributed by atoms with Crippen LogP contribution >= 0.6 is 0 Å². The molecule has 158 valence electrons. The molecule has 0 fully saturated rings. The van der Waals surface area contributed by atoms with Crippen LogP contribution in [0.4, 0.5) is 13.2 Å². The van der Waals surface area contributed by atoms with Crippen molar-refractivity contribution >= 4 is 5.96 Å². The molecule has 0 atom stereocenters. The lowest BCUT2D eigenvalue weighted by Crippen LogP contribution is -2.36. The molecule has 0 aliphatic heterocycles. The summed E-state index contributed by atoms with van der Waals surface area (Å²) < 4.78 is 46.7. The van der Waals surface area contributed by atoms with Crippen molar-refractivity contribution in [1.82, 2.24) is 15.6 Å². The van der Waals surface area contributed by atoms with Crippen molar-refractivity contribution in [3.05, 3.63) is 52.8 Å². The molecule has 2 N–H and O–H groups in total. The van der Waals surface area contributed by atoms with Crippen LogP contribution < -0.4 is 20.1 Å². The molecule has 29 heavy (non-hydrogen) atoms. The summed E-state index contributed by atoms with van der Waals surface area (Å²) in [4.78, 5) is 8.60. The van der Waals surface area contributed by atoms with Gasteiger partial charge in [0.15, 0.2) is 12.6 Å². The molecule has 0 radical (unpaired) electrons. The largest absolute Gasteiger partial charge is 0.496 e. The molecule has 9 heteroatoms. The molecule has 0 amide bonds. The number of nitrogens with one attached hydrogen (secondary N) is 2. The normalized spacial score (nSPS) is 11.9. The molecular formula is C20H25F3N4O2. The van der Waals surface area contributed by atoms with Crippen LogP contribution in [-0.4, -0.2) is 37.9 Å². The highest BCUT2D eigenvalue weighted by Crippen LogP contribution is 2.23. The Kier molecular flexibility index (Phi) is 7.69. The molecule has 2 rings (SSSR count). The van der Waals surface area contributed by atoms with Crippen LogP contribution in [0.25, 0.3) is 0 Å². The van der Waals surface area contributed by atoms with E-state index in [9.17, 15) is 13.2 Å². The summed E-state index contributed by atoms with van der Waals surface area (Å²) in [6.07, 6.45) is -2.59. The lowest BCUT2D eigenvalue weighted by atomic mass is 10.1. The number of aliphatic imine (C=N–C) groups is 1. The lowest BCUT2D eigenvalue weighted by molar-refractivity contribution is -0.153. The van der Waals surface area contributed by atoms with Gasteiger partial charge in [-0.2, -0.15) is 13.2 Å². The van der Waals surface area contributed by atoms with Gasteiger partial charge in [0.05, 0.1) is 19.3 Å². The quantitative estimate of drug-likeness (QED) is 0.540. The number of aryl methyl sites for hydroxylation is 1. The van der Waals surface area contributed by atoms with E-state index in [2.05, 4.69) is 20.6 Å². The molecule has 0 aliphatic rings. The zero-order valence-corrected chi connectivity index (χ0v) is 16.9. The molecular weight excluding hydrogens is 385 g/mol. The summed E-state index contributed by atoms with van der Waals surface area (Å²) in [5.41, 5.74) is 3.66. The standard InChI is InChI=1S/C20H25F3N4O2/c1-13-9-25-17(14(2)18(13)28-4)11-27-19(24-3)26-10-15-5-7-16(8-6-15)29-12-20(21,22)23/h5-9H,10-12H2,1-4H3,(H2,24,26,27). The smallest absolute Gasteiger partial charge is 0.422 e. The monoisotopic (exact) mass is 410 g/mol. The second-order valence-corrected chi connectivity index (χ2v) is 6.37. The number of halogens is 3. The molecule has 0 saturated heterocycles. The summed E-state index contributed by atoms with van der Waals surface area (Å²) in [7, 11) is 3.28. The third-order valence-electron chi connectivity index (χ3n) is 4.18. The fraction of sp³-hybridized carbons (Fsp3) is 0.400. The van der Waals surface area contributed by atoms with Gasteiger partial charge in [-0.3, -0.25) is 9.98 Å². The van der Waals surface area contributed by atoms with Crippen molar-refractivity contribution in [2.75, 3.05) is 20.8 Å². The molecule has 0 unspecified atom stereocenters. The van der Waals surface area contributed by atoms with Crippen molar-refractivity contribution in [3.63, 3.8) is 0 Å². The van der Waals surface area contributed by atoms with Crippen molar-refractivity contribution in [2.24, 2.45) is 4.99 Å². The van der Waals surface area contributed by atoms with Crippen LogP contribution in [-0.2, 0) is 13.1 Å². The van der Waals surface area contributed by atoms with Gasteiger partial charge in [0.1, 0.15) is 11.5 Å². The van der Waals surface area contributed by atoms with Crippen LogP contribution in [0.1, 0.15) is 22.4 Å². The summed E-state index contributed by atoms with van der Waals surface area (Å²) in [6, 6.07) is 6.40. The number of rotatable bonds is 7. The maximum Gasteiger partial charge on any atom is 0.422 e. The van der Waals surface area contributed by atoms with Crippen molar-refractivity contribution in [1.29, 1.82) is 0 Å². The third-order valence-corrected chi connectivity index (χ3v) is 4.18. The first kappa shape index (κ1) is 22.3. The fourth-order valence-electron chi connectivity index (χ4n) is 2.69. The van der Waals surface area contributed by atoms with E-state index < -0.39 is 12.8 Å². The zero-order valence-electron chi connectivity index (χ0n) is 16.9. The fourth-order valence-corrected chi connectivity index (χ4v) is 2.69. The highest BCUT2D eigenvalue weighted by atomic mass is 19.4. The number of benzene rings is 1. The minimum Gasteiger partial charge on any atom is -0.496 e. The average molecular weight is 410 g/mol. The second-order valence-electron chi connectivity index (χ2n) is 6.37. The predicted octanol–water partition coefficient (Wildman–Crippen LogP) is 3.51. The van der Waals surface area contributed by atoms with Crippen LogP contribution in [0.2, 0.25) is 0 Å². The first-order chi connectivity index (χ1) is 13.7. The van der Waals surface area contributed by atoms with E-state index in [4.69, 9.17) is 9.47 Å². The molecule has 1 aromatic heterocycles. The number of pyridine rings is 1. The summed E-state index contributed by atoms with van der Waals surface area (Å²) in [6.45, 7) is 3.50. The van der Waals surface area contributed by atoms with Gasteiger partial charge in [0.25, 0.3) is 0 Å². The molecule has 6 nitrogen and oxygen atoms in total. The first-order valence-electron chi connectivity index (χ1n) is 8.95. The number of methoxy groups -OCH3 is 1. The molecule has 0 bridgehead atoms. The number of nitrogens with zero attached hydrogens (tertiary/aromatic N) is 2. The zero-order chi connectivity index (χ0) is 21.4. The van der Waals surface area contributed by atoms with Gasteiger partial charge < -0.3 is 20.1 Å². The maximum absolute atomic E-state index is 12.2. The highest BCUT2D eigenvalue weighted by Gasteiger charge is 2.28. The Hall–Kier alpha value is -2.97. The van der Waals surface area contributed by atoms with Crippen LogP contribution in [0.15, 0.2) is 35.5 Å². The first-order valence-corrected chi connectivity index (χ1v) is 8.95. The molecule has 0 spiro atoms. The Morgan fingerprint density at radius 1 is 1.10 bits per heavy atom. The Labute approximate surface area is 168 Å². The summed E-state index contributed by atoms with van der Waals surface area (Å²) in [5, 5.41) is 6.34. The number of alkyl halides is 3. The summed E-state index contributed by atoms with van der Waals surface area (Å²) >= 11 is 0. The molecule has 2 aromatic rings. The van der Waals surface area contributed by atoms with Gasteiger partial charge in [-0.1, -0.05) is 12.1 Å². The van der Waals surface area contributed by atoms with Crippen molar-refractivity contribution < 1.29 is 22.6 Å². The van der Waals surface area contributed by atoms with Crippen molar-refractivity contribution in [2.45, 2.75) is 33.1 Å². The van der Waals surface area contributed by atoms with Crippen molar-refractivity contribution in [3.8, 4) is 11.5 Å². The Bertz CT molecular complexity index is 837. The predicted molar refractivity (Wildman–Crippen MR) is 105 cm³/mol. The number of hydrogen-bond donors (Lipinski definition) is 2. The number of ether oxygens (including phenoxy) is 2. The van der Waals surface area contributed by atoms with Crippen LogP contribution in [0.3, 0.4) is 0 Å². The van der Waals surface area contributed by atoms with Crippen LogP contribution in [0.5, 0.6) is 11.5 Å². The van der Waals surface area contributed by atoms with E-state index in [-0.39, 0.29) is 5.75 Å². The van der Waals surface area contributed by atoms with Gasteiger partial charge in [0.2, 0.25) is 0 Å². The Morgan fingerprint density at radius 3 is 2.34 bits per heavy atom. The number of guanidine groups is 1. The van der Waals surface area contributed by atoms with E-state index in [1.807, 2.05) is 13.8 Å². The SMILES string of the molecule is CN=C(NCc1ccc(OCC(F)(F)F)cc1)NCc1ncc(C)c(OC)c1C. The molecule has 1 aromatic carbocycles. The van der Waals surface area contributed by atoms with E-state index in [1.165, 1.54) is 12.1 Å². The lowest BCUT2D eigenvalue weighted by Gasteiger charge is -2.15. The number of hydrogen-bond acceptors (Lipinski definition) is 4. The van der Waals surface area contributed by atoms with E-state index in [0.29, 0.717) is 19.0 Å². The summed E-state index contributed by atoms with van der Waals surface area (Å²) in [5.74, 6) is 1.55. The van der Waals surface area contributed by atoms with Crippen LogP contribution in [0, 0.1) is 13.8 Å². The third kappa shape index (κ3) is 6.85. The van der Waals surface area contributed by atoms with Gasteiger partial charge >= 0.3 is 6.18 Å². The maximum atomic E-state index is 12.2. The van der Waals surface area contributed by atoms with E-state index >= 15 is 0 Å². The topological polar surface area (TPSA) is 67.8 Å². The van der Waals surface area contributed by atoms with Gasteiger partial charge in [-0.05, 0) is 31.5 Å². The van der Waals surface area contributed by atoms with Gasteiger partial charge in [-0.25, -0.2) is 0 Å². The minimum absolute atomic E-state index is 0.170. The van der Waals surface area contributed by atoms with E-state index in [1.54, 1.807) is 32.5 Å². The van der Waals surface area contributed by atoms with Gasteiger partial charge in [0, 0.05) is 30.9 Å². The Morgan fingerprint density at radius 2 is 1.76 bits per heavy atom. The molecule has 1 heterocycles. The second kappa shape index (κ2) is 9.99. The molecule has 0 saturated carbocycles. The van der Waals surface area contributed by atoms with E-state index in [0.717, 1.165) is 28.1 Å². The molecule has 0 aliphatic carbocycles.